The molecule has 3 rings (SSSR count). The Balaban J connectivity index is 2.08. The molecule has 1 atom stereocenters. The van der Waals surface area contributed by atoms with Crippen LogP contribution in [-0.4, -0.2) is 50.4 Å². The number of benzene rings is 3. The van der Waals surface area contributed by atoms with Crippen LogP contribution < -0.4 is 14.4 Å². The zero-order valence-electron chi connectivity index (χ0n) is 24.3. The van der Waals surface area contributed by atoms with Crippen LogP contribution in [0.4, 0.5) is 10.1 Å². The summed E-state index contributed by atoms with van der Waals surface area (Å²) in [5.74, 6) is -1.20. The molecular weight excluding hydrogens is 545 g/mol. The van der Waals surface area contributed by atoms with Crippen molar-refractivity contribution in [2.75, 3.05) is 18.0 Å². The molecule has 220 valence electrons. The number of hydrogen-bond donors (Lipinski definition) is 1. The molecule has 0 fully saturated rings. The van der Waals surface area contributed by atoms with Crippen LogP contribution in [0.3, 0.4) is 0 Å². The van der Waals surface area contributed by atoms with Gasteiger partial charge in [0.05, 0.1) is 17.7 Å². The monoisotopic (exact) mass is 583 g/mol. The SMILES string of the molecule is CC[C@@H](C(=O)NC(C)(C)C)N(Cc1ccc(OC)cc1)C(=O)CN(c1ccccc1F)S(=O)(=O)c1ccc(C)cc1. The van der Waals surface area contributed by atoms with Crippen molar-refractivity contribution in [1.82, 2.24) is 10.2 Å². The van der Waals surface area contributed by atoms with Gasteiger partial charge in [-0.2, -0.15) is 0 Å². The number of hydrogen-bond acceptors (Lipinski definition) is 5. The summed E-state index contributed by atoms with van der Waals surface area (Å²) < 4.78 is 48.7. The summed E-state index contributed by atoms with van der Waals surface area (Å²) in [6, 6.07) is 17.6. The van der Waals surface area contributed by atoms with Gasteiger partial charge in [0.2, 0.25) is 11.8 Å². The Morgan fingerprint density at radius 2 is 1.59 bits per heavy atom. The van der Waals surface area contributed by atoms with Crippen molar-refractivity contribution < 1.29 is 27.1 Å². The van der Waals surface area contributed by atoms with E-state index in [0.29, 0.717) is 11.3 Å². The molecule has 8 nitrogen and oxygen atoms in total. The van der Waals surface area contributed by atoms with E-state index in [-0.39, 0.29) is 29.5 Å². The van der Waals surface area contributed by atoms with Gasteiger partial charge in [-0.25, -0.2) is 12.8 Å². The van der Waals surface area contributed by atoms with Crippen LogP contribution in [0, 0.1) is 12.7 Å². The first kappa shape index (κ1) is 31.6. The Morgan fingerprint density at radius 3 is 2.12 bits per heavy atom. The number of nitrogens with zero attached hydrogens (tertiary/aromatic N) is 2. The molecule has 0 spiro atoms. The first-order chi connectivity index (χ1) is 19.3. The summed E-state index contributed by atoms with van der Waals surface area (Å²) in [5, 5.41) is 2.92. The zero-order chi connectivity index (χ0) is 30.4. The molecule has 41 heavy (non-hydrogen) atoms. The maximum Gasteiger partial charge on any atom is 0.264 e. The van der Waals surface area contributed by atoms with E-state index in [2.05, 4.69) is 5.32 Å². The molecule has 0 radical (unpaired) electrons. The van der Waals surface area contributed by atoms with Crippen LogP contribution in [0.5, 0.6) is 5.75 Å². The summed E-state index contributed by atoms with van der Waals surface area (Å²) >= 11 is 0. The fourth-order valence-corrected chi connectivity index (χ4v) is 5.73. The highest BCUT2D eigenvalue weighted by Crippen LogP contribution is 2.27. The van der Waals surface area contributed by atoms with Gasteiger partial charge in [-0.05, 0) is 76.1 Å². The molecule has 2 amide bonds. The Bertz CT molecular complexity index is 1450. The molecule has 10 heteroatoms. The van der Waals surface area contributed by atoms with E-state index in [1.807, 2.05) is 27.7 Å². The van der Waals surface area contributed by atoms with E-state index in [1.165, 1.54) is 35.2 Å². The lowest BCUT2D eigenvalue weighted by molar-refractivity contribution is -0.141. The largest absolute Gasteiger partial charge is 0.497 e. The van der Waals surface area contributed by atoms with Gasteiger partial charge in [0.25, 0.3) is 10.0 Å². The lowest BCUT2D eigenvalue weighted by Gasteiger charge is -2.34. The molecule has 0 unspecified atom stereocenters. The van der Waals surface area contributed by atoms with Crippen molar-refractivity contribution >= 4 is 27.5 Å². The van der Waals surface area contributed by atoms with Gasteiger partial charge in [-0.15, -0.1) is 0 Å². The van der Waals surface area contributed by atoms with Gasteiger partial charge in [0.1, 0.15) is 24.2 Å². The fraction of sp³-hybridized carbons (Fsp3) is 0.355. The molecular formula is C31H38FN3O5S. The second-order valence-corrected chi connectivity index (χ2v) is 12.7. The summed E-state index contributed by atoms with van der Waals surface area (Å²) in [6.45, 7) is 8.41. The highest BCUT2D eigenvalue weighted by atomic mass is 32.2. The van der Waals surface area contributed by atoms with E-state index >= 15 is 4.39 Å². The average Bonchev–Trinajstić information content (AvgIpc) is 2.91. The van der Waals surface area contributed by atoms with Gasteiger partial charge >= 0.3 is 0 Å². The van der Waals surface area contributed by atoms with Gasteiger partial charge in [-0.1, -0.05) is 48.9 Å². The number of anilines is 1. The lowest BCUT2D eigenvalue weighted by atomic mass is 10.1. The Labute approximate surface area is 242 Å². The maximum absolute atomic E-state index is 15.1. The van der Waals surface area contributed by atoms with Crippen molar-refractivity contribution in [1.29, 1.82) is 0 Å². The smallest absolute Gasteiger partial charge is 0.264 e. The molecule has 0 heterocycles. The number of carbonyl (C=O) groups is 2. The standard InChI is InChI=1S/C31H38FN3O5S/c1-7-27(30(37)33-31(3,4)5)34(20-23-14-16-24(40-6)17-15-23)29(36)21-35(28-11-9-8-10-26(28)32)41(38,39)25-18-12-22(2)13-19-25/h8-19,27H,7,20-21H2,1-6H3,(H,33,37)/t27-/m0/s1. The van der Waals surface area contributed by atoms with E-state index in [4.69, 9.17) is 4.74 Å². The number of carbonyl (C=O) groups excluding carboxylic acids is 2. The number of aryl methyl sites for hydroxylation is 1. The molecule has 0 bridgehead atoms. The van der Waals surface area contributed by atoms with Crippen molar-refractivity contribution in [3.05, 3.63) is 89.7 Å². The summed E-state index contributed by atoms with van der Waals surface area (Å²) in [4.78, 5) is 28.7. The summed E-state index contributed by atoms with van der Waals surface area (Å²) in [7, 11) is -2.81. The zero-order valence-corrected chi connectivity index (χ0v) is 25.2. The molecule has 0 aliphatic carbocycles. The molecule has 1 N–H and O–H groups in total. The highest BCUT2D eigenvalue weighted by Gasteiger charge is 2.35. The third-order valence-electron chi connectivity index (χ3n) is 6.41. The van der Waals surface area contributed by atoms with Crippen LogP contribution in [-0.2, 0) is 26.2 Å². The van der Waals surface area contributed by atoms with Crippen LogP contribution in [0.15, 0.2) is 77.7 Å². The minimum absolute atomic E-state index is 0.0224. The van der Waals surface area contributed by atoms with E-state index < -0.39 is 39.9 Å². The second-order valence-electron chi connectivity index (χ2n) is 10.8. The topological polar surface area (TPSA) is 96.0 Å². The van der Waals surface area contributed by atoms with Crippen LogP contribution in [0.2, 0.25) is 0 Å². The quantitative estimate of drug-likeness (QED) is 0.341. The van der Waals surface area contributed by atoms with Gasteiger partial charge in [0, 0.05) is 12.1 Å². The summed E-state index contributed by atoms with van der Waals surface area (Å²) in [5.41, 5.74) is 0.727. The number of amides is 2. The first-order valence-electron chi connectivity index (χ1n) is 13.3. The number of para-hydroxylation sites is 1. The van der Waals surface area contributed by atoms with Crippen molar-refractivity contribution in [2.24, 2.45) is 0 Å². The van der Waals surface area contributed by atoms with E-state index in [9.17, 15) is 18.0 Å². The normalized spacial score (nSPS) is 12.4. The predicted molar refractivity (Wildman–Crippen MR) is 158 cm³/mol. The number of halogens is 1. The third kappa shape index (κ3) is 8.07. The molecule has 0 aliphatic rings. The van der Waals surface area contributed by atoms with Crippen LogP contribution in [0.25, 0.3) is 0 Å². The molecule has 3 aromatic rings. The maximum atomic E-state index is 15.1. The minimum atomic E-state index is -4.36. The Hall–Kier alpha value is -3.92. The second kappa shape index (κ2) is 13.2. The Morgan fingerprint density at radius 1 is 0.976 bits per heavy atom. The minimum Gasteiger partial charge on any atom is -0.497 e. The highest BCUT2D eigenvalue weighted by molar-refractivity contribution is 7.92. The van der Waals surface area contributed by atoms with Crippen molar-refractivity contribution in [3.8, 4) is 5.75 Å². The molecule has 0 aliphatic heterocycles. The van der Waals surface area contributed by atoms with E-state index in [0.717, 1.165) is 15.9 Å². The molecule has 0 saturated carbocycles. The number of nitrogens with one attached hydrogen (secondary N) is 1. The van der Waals surface area contributed by atoms with Crippen LogP contribution >= 0.6 is 0 Å². The number of ether oxygens (including phenoxy) is 1. The average molecular weight is 584 g/mol. The lowest BCUT2D eigenvalue weighted by Crippen LogP contribution is -2.55. The fourth-order valence-electron chi connectivity index (χ4n) is 4.30. The predicted octanol–water partition coefficient (Wildman–Crippen LogP) is 5.06. The molecule has 0 saturated heterocycles. The summed E-state index contributed by atoms with van der Waals surface area (Å²) in [6.07, 6.45) is 0.272. The van der Waals surface area contributed by atoms with Crippen molar-refractivity contribution in [3.63, 3.8) is 0 Å². The Kier molecular flexibility index (Phi) is 10.1. The molecule has 3 aromatic carbocycles. The van der Waals surface area contributed by atoms with Gasteiger partial charge < -0.3 is 15.0 Å². The number of rotatable bonds is 11. The first-order valence-corrected chi connectivity index (χ1v) is 14.8. The molecule has 0 aromatic heterocycles. The van der Waals surface area contributed by atoms with Gasteiger partial charge in [0.15, 0.2) is 0 Å². The van der Waals surface area contributed by atoms with Crippen molar-refractivity contribution in [2.45, 2.75) is 64.1 Å². The number of methoxy groups -OCH3 is 1. The van der Waals surface area contributed by atoms with Crippen LogP contribution in [0.1, 0.15) is 45.2 Å². The van der Waals surface area contributed by atoms with E-state index in [1.54, 1.807) is 50.4 Å². The third-order valence-corrected chi connectivity index (χ3v) is 8.18. The number of sulfonamides is 1. The van der Waals surface area contributed by atoms with Gasteiger partial charge in [-0.3, -0.25) is 13.9 Å².